The molecule has 0 unspecified atom stereocenters. The molecule has 1 aliphatic heterocycles. The minimum Gasteiger partial charge on any atom is -0.480 e. The van der Waals surface area contributed by atoms with Crippen molar-refractivity contribution in [3.05, 3.63) is 52.0 Å². The Kier molecular flexibility index (Phi) is 4.92. The van der Waals surface area contributed by atoms with Crippen LogP contribution in [-0.2, 0) is 16.0 Å². The highest BCUT2D eigenvalue weighted by atomic mass is 32.1. The summed E-state index contributed by atoms with van der Waals surface area (Å²) in [6.45, 7) is 0.645. The molecule has 0 atom stereocenters. The number of ether oxygens (including phenoxy) is 1. The molecule has 0 saturated carbocycles. The first-order valence-corrected chi connectivity index (χ1v) is 8.59. The Labute approximate surface area is 143 Å². The van der Waals surface area contributed by atoms with Crippen molar-refractivity contribution in [1.82, 2.24) is 10.3 Å². The maximum atomic E-state index is 12.4. The normalized spacial score (nSPS) is 16.5. The van der Waals surface area contributed by atoms with Crippen LogP contribution in [0.1, 0.15) is 33.9 Å². The standard InChI is InChI=1S/C17H18N2O4S/c20-15(19-17(16(21)22)6-8-23-9-7-17)13-11-24-14(18-13)10-12-4-2-1-3-5-12/h1-5,11H,6-10H2,(H,19,20)(H,21,22). The van der Waals surface area contributed by atoms with Crippen LogP contribution in [0.2, 0.25) is 0 Å². The number of hydrogen-bond acceptors (Lipinski definition) is 5. The number of nitrogens with zero attached hydrogens (tertiary/aromatic N) is 1. The lowest BCUT2D eigenvalue weighted by atomic mass is 9.90. The lowest BCUT2D eigenvalue weighted by Gasteiger charge is -2.33. The van der Waals surface area contributed by atoms with Crippen LogP contribution in [0.3, 0.4) is 0 Å². The Balaban J connectivity index is 1.70. The van der Waals surface area contributed by atoms with Crippen molar-refractivity contribution in [2.75, 3.05) is 13.2 Å². The van der Waals surface area contributed by atoms with E-state index in [0.717, 1.165) is 10.6 Å². The van der Waals surface area contributed by atoms with Crippen LogP contribution in [0.15, 0.2) is 35.7 Å². The summed E-state index contributed by atoms with van der Waals surface area (Å²) < 4.78 is 5.20. The Hall–Kier alpha value is -2.25. The van der Waals surface area contributed by atoms with Crippen LogP contribution in [0.25, 0.3) is 0 Å². The molecular formula is C17H18N2O4S. The summed E-state index contributed by atoms with van der Waals surface area (Å²) >= 11 is 1.40. The highest BCUT2D eigenvalue weighted by Gasteiger charge is 2.42. The minimum absolute atomic E-state index is 0.259. The predicted octanol–water partition coefficient (Wildman–Crippen LogP) is 2.10. The molecule has 2 heterocycles. The first kappa shape index (κ1) is 16.6. The Morgan fingerprint density at radius 3 is 2.62 bits per heavy atom. The summed E-state index contributed by atoms with van der Waals surface area (Å²) in [5, 5.41) is 14.6. The second-order valence-corrected chi connectivity index (χ2v) is 6.69. The van der Waals surface area contributed by atoms with Gasteiger partial charge in [-0.2, -0.15) is 0 Å². The third-order valence-electron chi connectivity index (χ3n) is 4.09. The van der Waals surface area contributed by atoms with Gasteiger partial charge in [-0.3, -0.25) is 4.79 Å². The SMILES string of the molecule is O=C(NC1(C(=O)O)CCOCC1)c1csc(Cc2ccccc2)n1. The number of rotatable bonds is 5. The summed E-state index contributed by atoms with van der Waals surface area (Å²) in [6.07, 6.45) is 1.17. The Morgan fingerprint density at radius 1 is 1.25 bits per heavy atom. The van der Waals surface area contributed by atoms with E-state index in [4.69, 9.17) is 4.74 Å². The van der Waals surface area contributed by atoms with Crippen molar-refractivity contribution in [3.63, 3.8) is 0 Å². The van der Waals surface area contributed by atoms with Crippen LogP contribution in [0.4, 0.5) is 0 Å². The topological polar surface area (TPSA) is 88.5 Å². The van der Waals surface area contributed by atoms with E-state index in [2.05, 4.69) is 10.3 Å². The van der Waals surface area contributed by atoms with E-state index in [0.29, 0.717) is 19.6 Å². The van der Waals surface area contributed by atoms with Gasteiger partial charge in [0.25, 0.3) is 5.91 Å². The molecule has 1 aromatic heterocycles. The van der Waals surface area contributed by atoms with Gasteiger partial charge < -0.3 is 15.2 Å². The molecule has 0 aliphatic carbocycles. The van der Waals surface area contributed by atoms with Crippen molar-refractivity contribution >= 4 is 23.2 Å². The van der Waals surface area contributed by atoms with E-state index in [1.54, 1.807) is 5.38 Å². The second-order valence-electron chi connectivity index (χ2n) is 5.74. The van der Waals surface area contributed by atoms with Crippen molar-refractivity contribution in [2.24, 2.45) is 0 Å². The lowest BCUT2D eigenvalue weighted by Crippen LogP contribution is -2.57. The van der Waals surface area contributed by atoms with Gasteiger partial charge in [-0.05, 0) is 5.56 Å². The van der Waals surface area contributed by atoms with Gasteiger partial charge in [0.05, 0.1) is 5.01 Å². The summed E-state index contributed by atoms with van der Waals surface area (Å²) in [5.74, 6) is -1.48. The number of aliphatic carboxylic acids is 1. The molecular weight excluding hydrogens is 328 g/mol. The highest BCUT2D eigenvalue weighted by Crippen LogP contribution is 2.22. The zero-order chi connectivity index (χ0) is 17.0. The monoisotopic (exact) mass is 346 g/mol. The van der Waals surface area contributed by atoms with E-state index in [9.17, 15) is 14.7 Å². The molecule has 1 amide bonds. The summed E-state index contributed by atoms with van der Waals surface area (Å²) in [7, 11) is 0. The van der Waals surface area contributed by atoms with Crippen LogP contribution < -0.4 is 5.32 Å². The molecule has 0 bridgehead atoms. The number of carboxylic acids is 1. The van der Waals surface area contributed by atoms with Gasteiger partial charge in [0, 0.05) is 37.9 Å². The van der Waals surface area contributed by atoms with Crippen LogP contribution in [0.5, 0.6) is 0 Å². The summed E-state index contributed by atoms with van der Waals surface area (Å²) in [6, 6.07) is 9.87. The van der Waals surface area contributed by atoms with Crippen molar-refractivity contribution in [2.45, 2.75) is 24.8 Å². The van der Waals surface area contributed by atoms with Crippen molar-refractivity contribution < 1.29 is 19.4 Å². The number of carbonyl (C=O) groups is 2. The molecule has 6 nitrogen and oxygen atoms in total. The number of benzene rings is 1. The molecule has 2 N–H and O–H groups in total. The quantitative estimate of drug-likeness (QED) is 0.865. The van der Waals surface area contributed by atoms with Gasteiger partial charge in [0.2, 0.25) is 0 Å². The first-order valence-electron chi connectivity index (χ1n) is 7.71. The molecule has 2 aromatic rings. The van der Waals surface area contributed by atoms with Gasteiger partial charge in [-0.15, -0.1) is 11.3 Å². The predicted molar refractivity (Wildman–Crippen MR) is 89.2 cm³/mol. The van der Waals surface area contributed by atoms with E-state index in [-0.39, 0.29) is 18.5 Å². The third-order valence-corrected chi connectivity index (χ3v) is 4.94. The molecule has 3 rings (SSSR count). The third kappa shape index (κ3) is 3.63. The van der Waals surface area contributed by atoms with Crippen LogP contribution in [0, 0.1) is 0 Å². The second kappa shape index (κ2) is 7.11. The molecule has 0 spiro atoms. The number of carboxylic acid groups (broad SMARTS) is 1. The maximum absolute atomic E-state index is 12.4. The largest absolute Gasteiger partial charge is 0.480 e. The fourth-order valence-electron chi connectivity index (χ4n) is 2.66. The summed E-state index contributed by atoms with van der Waals surface area (Å²) in [4.78, 5) is 28.4. The summed E-state index contributed by atoms with van der Waals surface area (Å²) in [5.41, 5.74) is 0.113. The smallest absolute Gasteiger partial charge is 0.329 e. The van der Waals surface area contributed by atoms with Gasteiger partial charge in [0.15, 0.2) is 0 Å². The molecule has 126 valence electrons. The molecule has 1 fully saturated rings. The molecule has 1 aromatic carbocycles. The fraction of sp³-hybridized carbons (Fsp3) is 0.353. The van der Waals surface area contributed by atoms with Gasteiger partial charge in [0.1, 0.15) is 11.2 Å². The number of aromatic nitrogens is 1. The zero-order valence-corrected chi connectivity index (χ0v) is 13.8. The number of thiazole rings is 1. The average molecular weight is 346 g/mol. The maximum Gasteiger partial charge on any atom is 0.329 e. The number of hydrogen-bond donors (Lipinski definition) is 2. The van der Waals surface area contributed by atoms with E-state index >= 15 is 0 Å². The molecule has 7 heteroatoms. The van der Waals surface area contributed by atoms with Crippen LogP contribution >= 0.6 is 11.3 Å². The van der Waals surface area contributed by atoms with E-state index < -0.39 is 17.4 Å². The zero-order valence-electron chi connectivity index (χ0n) is 13.0. The number of nitrogens with one attached hydrogen (secondary N) is 1. The van der Waals surface area contributed by atoms with Gasteiger partial charge in [-0.1, -0.05) is 30.3 Å². The highest BCUT2D eigenvalue weighted by molar-refractivity contribution is 7.09. The fourth-order valence-corrected chi connectivity index (χ4v) is 3.47. The first-order chi connectivity index (χ1) is 11.6. The Morgan fingerprint density at radius 2 is 1.96 bits per heavy atom. The number of amides is 1. The Bertz CT molecular complexity index is 723. The van der Waals surface area contributed by atoms with Crippen molar-refractivity contribution in [3.8, 4) is 0 Å². The van der Waals surface area contributed by atoms with E-state index in [1.165, 1.54) is 11.3 Å². The molecule has 24 heavy (non-hydrogen) atoms. The molecule has 1 aliphatic rings. The van der Waals surface area contributed by atoms with Gasteiger partial charge >= 0.3 is 5.97 Å². The van der Waals surface area contributed by atoms with Crippen LogP contribution in [-0.4, -0.2) is 40.7 Å². The average Bonchev–Trinajstić information content (AvgIpc) is 3.05. The molecule has 1 saturated heterocycles. The van der Waals surface area contributed by atoms with Crippen molar-refractivity contribution in [1.29, 1.82) is 0 Å². The lowest BCUT2D eigenvalue weighted by molar-refractivity contribution is -0.148. The van der Waals surface area contributed by atoms with E-state index in [1.807, 2.05) is 30.3 Å². The van der Waals surface area contributed by atoms with Gasteiger partial charge in [-0.25, -0.2) is 9.78 Å². The minimum atomic E-state index is -1.27. The molecule has 0 radical (unpaired) electrons. The number of carbonyl (C=O) groups excluding carboxylic acids is 1.